The molecular formula is C14H22N2O2. The lowest BCUT2D eigenvalue weighted by atomic mass is 10.1. The van der Waals surface area contributed by atoms with Gasteiger partial charge in [0, 0.05) is 19.3 Å². The van der Waals surface area contributed by atoms with Gasteiger partial charge >= 0.3 is 5.97 Å². The Kier molecular flexibility index (Phi) is 5.62. The molecular weight excluding hydrogens is 228 g/mol. The Hall–Kier alpha value is -1.58. The second kappa shape index (κ2) is 6.99. The van der Waals surface area contributed by atoms with E-state index in [1.54, 1.807) is 6.20 Å². The van der Waals surface area contributed by atoms with Crippen molar-refractivity contribution in [2.75, 3.05) is 25.1 Å². The highest BCUT2D eigenvalue weighted by molar-refractivity contribution is 5.90. The normalized spacial score (nSPS) is 10.2. The zero-order chi connectivity index (χ0) is 13.5. The number of ether oxygens (including phenoxy) is 1. The van der Waals surface area contributed by atoms with Crippen molar-refractivity contribution >= 4 is 11.8 Å². The molecule has 100 valence electrons. The quantitative estimate of drug-likeness (QED) is 0.728. The van der Waals surface area contributed by atoms with Gasteiger partial charge in [-0.2, -0.15) is 0 Å². The van der Waals surface area contributed by atoms with Crippen molar-refractivity contribution in [1.29, 1.82) is 0 Å². The van der Waals surface area contributed by atoms with Gasteiger partial charge in [-0.25, -0.2) is 9.78 Å². The summed E-state index contributed by atoms with van der Waals surface area (Å²) in [5.41, 5.74) is 1.44. The lowest BCUT2D eigenvalue weighted by molar-refractivity contribution is 0.0599. The van der Waals surface area contributed by atoms with Crippen LogP contribution in [0.4, 0.5) is 5.82 Å². The van der Waals surface area contributed by atoms with E-state index in [4.69, 9.17) is 4.74 Å². The van der Waals surface area contributed by atoms with E-state index < -0.39 is 0 Å². The fourth-order valence-corrected chi connectivity index (χ4v) is 1.92. The van der Waals surface area contributed by atoms with Crippen LogP contribution >= 0.6 is 0 Å². The number of anilines is 1. The molecule has 0 saturated carbocycles. The summed E-state index contributed by atoms with van der Waals surface area (Å²) in [5, 5.41) is 0. The predicted octanol–water partition coefficient (Wildman–Crippen LogP) is 2.80. The highest BCUT2D eigenvalue weighted by Crippen LogP contribution is 2.17. The van der Waals surface area contributed by atoms with E-state index in [0.29, 0.717) is 5.56 Å². The Morgan fingerprint density at radius 3 is 2.39 bits per heavy atom. The number of esters is 1. The fourth-order valence-electron chi connectivity index (χ4n) is 1.92. The highest BCUT2D eigenvalue weighted by atomic mass is 16.5. The molecule has 1 aromatic heterocycles. The first-order valence-corrected chi connectivity index (χ1v) is 6.43. The van der Waals surface area contributed by atoms with Gasteiger partial charge in [-0.3, -0.25) is 0 Å². The lowest BCUT2D eigenvalue weighted by Gasteiger charge is -2.23. The third kappa shape index (κ3) is 3.45. The summed E-state index contributed by atoms with van der Waals surface area (Å²) in [6, 6.07) is 1.96. The second-order valence-corrected chi connectivity index (χ2v) is 4.34. The average Bonchev–Trinajstić information content (AvgIpc) is 2.37. The maximum absolute atomic E-state index is 11.5. The molecule has 0 fully saturated rings. The molecule has 1 heterocycles. The number of carbonyl (C=O) groups is 1. The molecule has 0 aromatic carbocycles. The molecule has 0 aliphatic carbocycles. The van der Waals surface area contributed by atoms with Gasteiger partial charge in [-0.05, 0) is 31.4 Å². The Morgan fingerprint density at radius 2 is 1.94 bits per heavy atom. The van der Waals surface area contributed by atoms with Gasteiger partial charge < -0.3 is 9.64 Å². The summed E-state index contributed by atoms with van der Waals surface area (Å²) in [6.45, 7) is 8.18. The lowest BCUT2D eigenvalue weighted by Crippen LogP contribution is -2.26. The Morgan fingerprint density at radius 1 is 1.33 bits per heavy atom. The van der Waals surface area contributed by atoms with Crippen LogP contribution in [0.1, 0.15) is 42.6 Å². The number of aromatic nitrogens is 1. The van der Waals surface area contributed by atoms with Crippen molar-refractivity contribution in [3.63, 3.8) is 0 Å². The third-order valence-corrected chi connectivity index (χ3v) is 2.81. The summed E-state index contributed by atoms with van der Waals surface area (Å²) < 4.78 is 4.72. The van der Waals surface area contributed by atoms with Crippen LogP contribution in [0.25, 0.3) is 0 Å². The minimum Gasteiger partial charge on any atom is -0.465 e. The molecule has 18 heavy (non-hydrogen) atoms. The van der Waals surface area contributed by atoms with E-state index in [1.807, 2.05) is 13.0 Å². The van der Waals surface area contributed by atoms with Crippen LogP contribution in [0, 0.1) is 6.92 Å². The largest absolute Gasteiger partial charge is 0.465 e. The first-order chi connectivity index (χ1) is 8.63. The molecule has 0 unspecified atom stereocenters. The summed E-state index contributed by atoms with van der Waals surface area (Å²) in [4.78, 5) is 18.1. The Labute approximate surface area is 109 Å². The molecule has 1 aromatic rings. The number of aryl methyl sites for hydroxylation is 1. The maximum atomic E-state index is 11.5. The SMILES string of the molecule is CCCN(CCC)c1cc(C)c(C(=O)OC)cn1. The average molecular weight is 250 g/mol. The Balaban J connectivity index is 2.97. The molecule has 0 radical (unpaired) electrons. The van der Waals surface area contributed by atoms with Crippen LogP contribution < -0.4 is 4.90 Å². The molecule has 4 nitrogen and oxygen atoms in total. The van der Waals surface area contributed by atoms with Crippen LogP contribution in [-0.2, 0) is 4.74 Å². The van der Waals surface area contributed by atoms with Crippen LogP contribution in [0.3, 0.4) is 0 Å². The summed E-state index contributed by atoms with van der Waals surface area (Å²) in [6.07, 6.45) is 3.77. The zero-order valence-corrected chi connectivity index (χ0v) is 11.7. The third-order valence-electron chi connectivity index (χ3n) is 2.81. The van der Waals surface area contributed by atoms with Crippen molar-refractivity contribution in [2.24, 2.45) is 0 Å². The van der Waals surface area contributed by atoms with Crippen LogP contribution in [0.5, 0.6) is 0 Å². The van der Waals surface area contributed by atoms with Crippen LogP contribution in [0.2, 0.25) is 0 Å². The molecule has 0 aliphatic rings. The van der Waals surface area contributed by atoms with E-state index in [2.05, 4.69) is 23.7 Å². The van der Waals surface area contributed by atoms with Gasteiger partial charge in [-0.15, -0.1) is 0 Å². The van der Waals surface area contributed by atoms with Crippen molar-refractivity contribution in [3.8, 4) is 0 Å². The van der Waals surface area contributed by atoms with Gasteiger partial charge in [-0.1, -0.05) is 13.8 Å². The van der Waals surface area contributed by atoms with E-state index in [1.165, 1.54) is 7.11 Å². The molecule has 0 amide bonds. The summed E-state index contributed by atoms with van der Waals surface area (Å²) >= 11 is 0. The molecule has 4 heteroatoms. The van der Waals surface area contributed by atoms with E-state index in [0.717, 1.165) is 37.3 Å². The fraction of sp³-hybridized carbons (Fsp3) is 0.571. The van der Waals surface area contributed by atoms with Gasteiger partial charge in [0.2, 0.25) is 0 Å². The molecule has 0 spiro atoms. The molecule has 1 rings (SSSR count). The van der Waals surface area contributed by atoms with E-state index >= 15 is 0 Å². The monoisotopic (exact) mass is 250 g/mol. The second-order valence-electron chi connectivity index (χ2n) is 4.34. The number of rotatable bonds is 6. The smallest absolute Gasteiger partial charge is 0.339 e. The number of nitrogens with zero attached hydrogens (tertiary/aromatic N) is 2. The van der Waals surface area contributed by atoms with Crippen LogP contribution in [0.15, 0.2) is 12.3 Å². The topological polar surface area (TPSA) is 42.4 Å². The van der Waals surface area contributed by atoms with Gasteiger partial charge in [0.1, 0.15) is 5.82 Å². The van der Waals surface area contributed by atoms with E-state index in [9.17, 15) is 4.79 Å². The predicted molar refractivity (Wildman–Crippen MR) is 73.1 cm³/mol. The van der Waals surface area contributed by atoms with Crippen molar-refractivity contribution in [3.05, 3.63) is 23.4 Å². The molecule has 0 N–H and O–H groups in total. The van der Waals surface area contributed by atoms with Gasteiger partial charge in [0.25, 0.3) is 0 Å². The van der Waals surface area contributed by atoms with Crippen LogP contribution in [-0.4, -0.2) is 31.2 Å². The zero-order valence-electron chi connectivity index (χ0n) is 11.7. The number of hydrogen-bond donors (Lipinski definition) is 0. The standard InChI is InChI=1S/C14H22N2O2/c1-5-7-16(8-6-2)13-9-11(3)12(10-15-13)14(17)18-4/h9-10H,5-8H2,1-4H3. The minimum atomic E-state index is -0.330. The number of hydrogen-bond acceptors (Lipinski definition) is 4. The first kappa shape index (κ1) is 14.5. The molecule has 0 aliphatic heterocycles. The molecule has 0 bridgehead atoms. The molecule has 0 saturated heterocycles. The van der Waals surface area contributed by atoms with Crippen molar-refractivity contribution in [2.45, 2.75) is 33.6 Å². The maximum Gasteiger partial charge on any atom is 0.339 e. The van der Waals surface area contributed by atoms with Gasteiger partial charge in [0.15, 0.2) is 0 Å². The highest BCUT2D eigenvalue weighted by Gasteiger charge is 2.13. The molecule has 0 atom stereocenters. The minimum absolute atomic E-state index is 0.330. The summed E-state index contributed by atoms with van der Waals surface area (Å²) in [5.74, 6) is 0.605. The van der Waals surface area contributed by atoms with Crippen molar-refractivity contribution in [1.82, 2.24) is 4.98 Å². The first-order valence-electron chi connectivity index (χ1n) is 6.43. The summed E-state index contributed by atoms with van der Waals surface area (Å²) in [7, 11) is 1.39. The number of carbonyl (C=O) groups excluding carboxylic acids is 1. The van der Waals surface area contributed by atoms with Crippen molar-refractivity contribution < 1.29 is 9.53 Å². The number of methoxy groups -OCH3 is 1. The number of pyridine rings is 1. The van der Waals surface area contributed by atoms with E-state index in [-0.39, 0.29) is 5.97 Å². The Bertz CT molecular complexity index is 399. The van der Waals surface area contributed by atoms with Gasteiger partial charge in [0.05, 0.1) is 12.7 Å².